The van der Waals surface area contributed by atoms with Gasteiger partial charge in [0.15, 0.2) is 0 Å². The van der Waals surface area contributed by atoms with Crippen LogP contribution >= 0.6 is 0 Å². The van der Waals surface area contributed by atoms with Crippen molar-refractivity contribution in [1.29, 1.82) is 5.26 Å². The van der Waals surface area contributed by atoms with E-state index in [1.807, 2.05) is 6.07 Å². The first-order valence-corrected chi connectivity index (χ1v) is 7.61. The lowest BCUT2D eigenvalue weighted by Gasteiger charge is -2.38. The van der Waals surface area contributed by atoms with Gasteiger partial charge in [0.05, 0.1) is 24.2 Å². The Labute approximate surface area is 146 Å². The van der Waals surface area contributed by atoms with E-state index >= 15 is 0 Å². The third kappa shape index (κ3) is 4.03. The number of carbonyl (C=O) groups is 1. The summed E-state index contributed by atoms with van der Waals surface area (Å²) in [4.78, 5) is 17.4. The molecule has 0 radical (unpaired) electrons. The van der Waals surface area contributed by atoms with Crippen LogP contribution in [0.3, 0.4) is 0 Å². The zero-order chi connectivity index (χ0) is 18.7. The Hall–Kier alpha value is -3.28. The van der Waals surface area contributed by atoms with Crippen molar-refractivity contribution in [2.45, 2.75) is 12.3 Å². The van der Waals surface area contributed by atoms with E-state index in [2.05, 4.69) is 10.3 Å². The number of halogens is 3. The molecule has 6 nitrogen and oxygen atoms in total. The van der Waals surface area contributed by atoms with E-state index in [0.29, 0.717) is 11.4 Å². The van der Waals surface area contributed by atoms with Crippen molar-refractivity contribution in [3.63, 3.8) is 0 Å². The number of nitrogens with one attached hydrogen (secondary N) is 1. The quantitative estimate of drug-likeness (QED) is 0.909. The Kier molecular flexibility index (Phi) is 4.67. The van der Waals surface area contributed by atoms with Crippen LogP contribution in [0, 0.1) is 11.3 Å². The van der Waals surface area contributed by atoms with Crippen LogP contribution in [-0.2, 0) is 6.18 Å². The van der Waals surface area contributed by atoms with Crippen molar-refractivity contribution in [2.75, 3.05) is 18.4 Å². The lowest BCUT2D eigenvalue weighted by Crippen LogP contribution is -2.57. The van der Waals surface area contributed by atoms with E-state index in [4.69, 9.17) is 10.00 Å². The lowest BCUT2D eigenvalue weighted by atomic mass is 10.1. The standard InChI is InChI=1S/C17H13F3N4O2/c18-17(19,20)12-2-1-3-13(6-12)23-16(25)24-9-14(10-24)26-15-5-4-11(7-21)8-22-15/h1-6,8,14H,9-10H2,(H,23,25). The van der Waals surface area contributed by atoms with Gasteiger partial charge in [-0.05, 0) is 24.3 Å². The third-order valence-electron chi connectivity index (χ3n) is 3.73. The van der Waals surface area contributed by atoms with E-state index in [1.54, 1.807) is 12.1 Å². The van der Waals surface area contributed by atoms with Crippen molar-refractivity contribution in [1.82, 2.24) is 9.88 Å². The Balaban J connectivity index is 1.51. The first-order valence-electron chi connectivity index (χ1n) is 7.61. The molecule has 1 saturated heterocycles. The monoisotopic (exact) mass is 362 g/mol. The number of likely N-dealkylation sites (tertiary alicyclic amines) is 1. The molecule has 2 aromatic rings. The Morgan fingerprint density at radius 3 is 2.69 bits per heavy atom. The molecule has 134 valence electrons. The summed E-state index contributed by atoms with van der Waals surface area (Å²) in [6, 6.07) is 9.01. The molecule has 0 unspecified atom stereocenters. The minimum atomic E-state index is -4.47. The molecular formula is C17H13F3N4O2. The number of amides is 2. The maximum absolute atomic E-state index is 12.7. The highest BCUT2D eigenvalue weighted by atomic mass is 19.4. The molecule has 1 aromatic carbocycles. The van der Waals surface area contributed by atoms with Gasteiger partial charge in [-0.3, -0.25) is 0 Å². The number of carbonyl (C=O) groups excluding carboxylic acids is 1. The average Bonchev–Trinajstić information content (AvgIpc) is 2.57. The van der Waals surface area contributed by atoms with Gasteiger partial charge in [0, 0.05) is 18.0 Å². The Morgan fingerprint density at radius 2 is 2.08 bits per heavy atom. The zero-order valence-corrected chi connectivity index (χ0v) is 13.3. The number of alkyl halides is 3. The van der Waals surface area contributed by atoms with Crippen LogP contribution in [0.2, 0.25) is 0 Å². The van der Waals surface area contributed by atoms with Crippen molar-refractivity contribution < 1.29 is 22.7 Å². The van der Waals surface area contributed by atoms with Gasteiger partial charge in [0.2, 0.25) is 5.88 Å². The van der Waals surface area contributed by atoms with E-state index in [1.165, 1.54) is 23.2 Å². The van der Waals surface area contributed by atoms with Crippen molar-refractivity contribution in [3.05, 3.63) is 53.7 Å². The largest absolute Gasteiger partial charge is 0.471 e. The summed E-state index contributed by atoms with van der Waals surface area (Å²) < 4.78 is 43.6. The summed E-state index contributed by atoms with van der Waals surface area (Å²) in [5.41, 5.74) is -0.344. The summed E-state index contributed by atoms with van der Waals surface area (Å²) in [6.45, 7) is 0.568. The molecule has 0 bridgehead atoms. The molecule has 0 aliphatic carbocycles. The number of hydrogen-bond acceptors (Lipinski definition) is 4. The normalized spacial score (nSPS) is 14.3. The molecule has 2 amide bonds. The van der Waals surface area contributed by atoms with Gasteiger partial charge in [0.25, 0.3) is 0 Å². The summed E-state index contributed by atoms with van der Waals surface area (Å²) in [7, 11) is 0. The number of hydrogen-bond donors (Lipinski definition) is 1. The molecule has 1 aliphatic heterocycles. The fourth-order valence-electron chi connectivity index (χ4n) is 2.34. The average molecular weight is 362 g/mol. The highest BCUT2D eigenvalue weighted by Crippen LogP contribution is 2.30. The zero-order valence-electron chi connectivity index (χ0n) is 13.3. The maximum atomic E-state index is 12.7. The smallest absolute Gasteiger partial charge is 0.416 e. The lowest BCUT2D eigenvalue weighted by molar-refractivity contribution is -0.137. The summed E-state index contributed by atoms with van der Waals surface area (Å²) in [5, 5.41) is 11.1. The van der Waals surface area contributed by atoms with E-state index < -0.39 is 17.8 Å². The van der Waals surface area contributed by atoms with E-state index in [9.17, 15) is 18.0 Å². The van der Waals surface area contributed by atoms with Gasteiger partial charge in [0.1, 0.15) is 12.2 Å². The number of anilines is 1. The van der Waals surface area contributed by atoms with E-state index in [0.717, 1.165) is 12.1 Å². The molecule has 0 atom stereocenters. The molecule has 0 spiro atoms. The fourth-order valence-corrected chi connectivity index (χ4v) is 2.34. The van der Waals surface area contributed by atoms with Crippen LogP contribution in [0.25, 0.3) is 0 Å². The minimum Gasteiger partial charge on any atom is -0.471 e. The highest BCUT2D eigenvalue weighted by molar-refractivity contribution is 5.90. The minimum absolute atomic E-state index is 0.0722. The number of nitrogens with zero attached hydrogens (tertiary/aromatic N) is 3. The summed E-state index contributed by atoms with van der Waals surface area (Å²) in [6.07, 6.45) is -3.35. The SMILES string of the molecule is N#Cc1ccc(OC2CN(C(=O)Nc3cccc(C(F)(F)F)c3)C2)nc1. The molecule has 3 rings (SSSR count). The predicted octanol–water partition coefficient (Wildman–Crippen LogP) is 3.27. The van der Waals surface area contributed by atoms with Crippen LogP contribution in [0.1, 0.15) is 11.1 Å². The van der Waals surface area contributed by atoms with Gasteiger partial charge in [-0.25, -0.2) is 9.78 Å². The highest BCUT2D eigenvalue weighted by Gasteiger charge is 2.33. The van der Waals surface area contributed by atoms with Gasteiger partial charge in [-0.15, -0.1) is 0 Å². The van der Waals surface area contributed by atoms with Crippen molar-refractivity contribution >= 4 is 11.7 Å². The first kappa shape index (κ1) is 17.5. The topological polar surface area (TPSA) is 78.2 Å². The number of pyridine rings is 1. The van der Waals surface area contributed by atoms with Crippen molar-refractivity contribution in [3.8, 4) is 11.9 Å². The third-order valence-corrected chi connectivity index (χ3v) is 3.73. The van der Waals surface area contributed by atoms with Crippen LogP contribution < -0.4 is 10.1 Å². The molecule has 1 N–H and O–H groups in total. The van der Waals surface area contributed by atoms with Gasteiger partial charge < -0.3 is 15.0 Å². The number of urea groups is 1. The van der Waals surface area contributed by atoms with Gasteiger partial charge in [-0.1, -0.05) is 6.07 Å². The fraction of sp³-hybridized carbons (Fsp3) is 0.235. The van der Waals surface area contributed by atoms with Crippen LogP contribution in [-0.4, -0.2) is 35.1 Å². The second-order valence-corrected chi connectivity index (χ2v) is 5.65. The predicted molar refractivity (Wildman–Crippen MR) is 85.4 cm³/mol. The molecule has 9 heteroatoms. The second-order valence-electron chi connectivity index (χ2n) is 5.65. The number of rotatable bonds is 3. The number of ether oxygens (including phenoxy) is 1. The van der Waals surface area contributed by atoms with Crippen LogP contribution in [0.4, 0.5) is 23.7 Å². The summed E-state index contributed by atoms with van der Waals surface area (Å²) >= 11 is 0. The van der Waals surface area contributed by atoms with Crippen LogP contribution in [0.5, 0.6) is 5.88 Å². The van der Waals surface area contributed by atoms with Crippen LogP contribution in [0.15, 0.2) is 42.6 Å². The second kappa shape index (κ2) is 6.92. The molecule has 1 fully saturated rings. The van der Waals surface area contributed by atoms with Gasteiger partial charge >= 0.3 is 12.2 Å². The molecule has 2 heterocycles. The first-order chi connectivity index (χ1) is 12.3. The molecular weight excluding hydrogens is 349 g/mol. The van der Waals surface area contributed by atoms with E-state index in [-0.39, 0.29) is 24.9 Å². The molecule has 1 aliphatic rings. The molecule has 26 heavy (non-hydrogen) atoms. The molecule has 0 saturated carbocycles. The Bertz CT molecular complexity index is 840. The number of aromatic nitrogens is 1. The Morgan fingerprint density at radius 1 is 1.31 bits per heavy atom. The molecule has 1 aromatic heterocycles. The van der Waals surface area contributed by atoms with Crippen molar-refractivity contribution in [2.24, 2.45) is 0 Å². The summed E-state index contributed by atoms with van der Waals surface area (Å²) in [5.74, 6) is 0.340. The number of benzene rings is 1. The maximum Gasteiger partial charge on any atom is 0.416 e. The number of nitriles is 1. The van der Waals surface area contributed by atoms with Gasteiger partial charge in [-0.2, -0.15) is 18.4 Å².